The van der Waals surface area contributed by atoms with Gasteiger partial charge in [0.25, 0.3) is 0 Å². The minimum atomic E-state index is -5.07. The first-order valence-electron chi connectivity index (χ1n) is 6.71. The van der Waals surface area contributed by atoms with Gasteiger partial charge in [0, 0.05) is 12.1 Å². The van der Waals surface area contributed by atoms with Crippen molar-refractivity contribution in [2.24, 2.45) is 0 Å². The maximum Gasteiger partial charge on any atom is 0.416 e. The standard InChI is InChI=1S/C15H9F6NO4/c1-25-10-2-3-12(22(23)24)13(7-10)26-11-5-8(14(16,17)18)4-9(6-11)15(19,20)21/h2-7H,1H3. The number of hydrogen-bond donors (Lipinski definition) is 0. The molecular weight excluding hydrogens is 372 g/mol. The topological polar surface area (TPSA) is 61.6 Å². The monoisotopic (exact) mass is 381 g/mol. The second kappa shape index (κ2) is 6.73. The number of benzene rings is 2. The van der Waals surface area contributed by atoms with Gasteiger partial charge in [0.1, 0.15) is 11.5 Å². The first-order chi connectivity index (χ1) is 11.9. The fourth-order valence-electron chi connectivity index (χ4n) is 1.97. The molecule has 5 nitrogen and oxygen atoms in total. The van der Waals surface area contributed by atoms with E-state index < -0.39 is 45.6 Å². The highest BCUT2D eigenvalue weighted by atomic mass is 19.4. The zero-order chi connectivity index (χ0) is 19.7. The van der Waals surface area contributed by atoms with Crippen LogP contribution in [0.3, 0.4) is 0 Å². The number of nitrogens with zero attached hydrogens (tertiary/aromatic N) is 1. The lowest BCUT2D eigenvalue weighted by atomic mass is 10.1. The number of rotatable bonds is 4. The maximum atomic E-state index is 12.8. The van der Waals surface area contributed by atoms with Crippen molar-refractivity contribution in [3.8, 4) is 17.2 Å². The summed E-state index contributed by atoms with van der Waals surface area (Å²) in [6, 6.07) is 3.68. The maximum absolute atomic E-state index is 12.8. The van der Waals surface area contributed by atoms with E-state index in [-0.39, 0.29) is 11.8 Å². The molecule has 0 aliphatic carbocycles. The molecular formula is C15H9F6NO4. The second-order valence-corrected chi connectivity index (χ2v) is 4.93. The summed E-state index contributed by atoms with van der Waals surface area (Å²) < 4.78 is 86.9. The molecule has 0 aromatic heterocycles. The van der Waals surface area contributed by atoms with E-state index in [1.165, 1.54) is 13.2 Å². The summed E-state index contributed by atoms with van der Waals surface area (Å²) >= 11 is 0. The highest BCUT2D eigenvalue weighted by Gasteiger charge is 2.37. The Labute approximate surface area is 141 Å². The number of ether oxygens (including phenoxy) is 2. The molecule has 0 spiro atoms. The lowest BCUT2D eigenvalue weighted by Gasteiger charge is -2.15. The van der Waals surface area contributed by atoms with E-state index in [0.29, 0.717) is 12.1 Å². The lowest BCUT2D eigenvalue weighted by Crippen LogP contribution is -2.11. The van der Waals surface area contributed by atoms with Crippen LogP contribution in [0, 0.1) is 10.1 Å². The van der Waals surface area contributed by atoms with E-state index in [1.54, 1.807) is 0 Å². The summed E-state index contributed by atoms with van der Waals surface area (Å²) in [7, 11) is 1.22. The molecule has 0 fully saturated rings. The molecule has 0 atom stereocenters. The molecule has 0 heterocycles. The molecule has 26 heavy (non-hydrogen) atoms. The van der Waals surface area contributed by atoms with Crippen LogP contribution >= 0.6 is 0 Å². The largest absolute Gasteiger partial charge is 0.497 e. The van der Waals surface area contributed by atoms with Crippen molar-refractivity contribution in [3.63, 3.8) is 0 Å². The number of halogens is 6. The van der Waals surface area contributed by atoms with E-state index >= 15 is 0 Å². The minimum Gasteiger partial charge on any atom is -0.497 e. The molecule has 0 bridgehead atoms. The van der Waals surface area contributed by atoms with Gasteiger partial charge >= 0.3 is 18.0 Å². The molecule has 0 N–H and O–H groups in total. The summed E-state index contributed by atoms with van der Waals surface area (Å²) in [6.45, 7) is 0. The third kappa shape index (κ3) is 4.35. The Kier molecular flexibility index (Phi) is 5.01. The quantitative estimate of drug-likeness (QED) is 0.402. The van der Waals surface area contributed by atoms with Crippen LogP contribution < -0.4 is 9.47 Å². The predicted octanol–water partition coefficient (Wildman–Crippen LogP) is 5.43. The summed E-state index contributed by atoms with van der Waals surface area (Å²) in [6.07, 6.45) is -10.1. The van der Waals surface area contributed by atoms with Crippen molar-refractivity contribution in [3.05, 3.63) is 57.6 Å². The van der Waals surface area contributed by atoms with Gasteiger partial charge in [-0.1, -0.05) is 0 Å². The fourth-order valence-corrected chi connectivity index (χ4v) is 1.97. The number of nitro groups is 1. The van der Waals surface area contributed by atoms with Gasteiger partial charge in [-0.05, 0) is 24.3 Å². The Bertz CT molecular complexity index is 800. The normalized spacial score (nSPS) is 12.0. The summed E-state index contributed by atoms with van der Waals surface area (Å²) in [4.78, 5) is 10.1. The zero-order valence-corrected chi connectivity index (χ0v) is 12.8. The molecule has 0 unspecified atom stereocenters. The zero-order valence-electron chi connectivity index (χ0n) is 12.8. The van der Waals surface area contributed by atoms with Crippen LogP contribution in [0.25, 0.3) is 0 Å². The highest BCUT2D eigenvalue weighted by Crippen LogP contribution is 2.41. The summed E-state index contributed by atoms with van der Waals surface area (Å²) in [5, 5.41) is 11.0. The molecule has 0 radical (unpaired) electrons. The lowest BCUT2D eigenvalue weighted by molar-refractivity contribution is -0.385. The Balaban J connectivity index is 2.57. The molecule has 2 aromatic carbocycles. The van der Waals surface area contributed by atoms with Gasteiger partial charge in [0.2, 0.25) is 5.75 Å². The SMILES string of the molecule is COc1ccc([N+](=O)[O-])c(Oc2cc(C(F)(F)F)cc(C(F)(F)F)c2)c1. The Hall–Kier alpha value is -2.98. The van der Waals surface area contributed by atoms with Gasteiger partial charge in [0.15, 0.2) is 0 Å². The van der Waals surface area contributed by atoms with E-state index in [4.69, 9.17) is 9.47 Å². The van der Waals surface area contributed by atoms with Gasteiger partial charge in [-0.3, -0.25) is 10.1 Å². The molecule has 11 heteroatoms. The van der Waals surface area contributed by atoms with Crippen LogP contribution in [-0.2, 0) is 12.4 Å². The second-order valence-electron chi connectivity index (χ2n) is 4.93. The van der Waals surface area contributed by atoms with Gasteiger partial charge in [-0.25, -0.2) is 0 Å². The Morgan fingerprint density at radius 2 is 1.42 bits per heavy atom. The molecule has 0 aliphatic heterocycles. The third-order valence-corrected chi connectivity index (χ3v) is 3.15. The number of methoxy groups -OCH3 is 1. The van der Waals surface area contributed by atoms with Crippen LogP contribution in [0.1, 0.15) is 11.1 Å². The van der Waals surface area contributed by atoms with Crippen molar-refractivity contribution in [1.82, 2.24) is 0 Å². The van der Waals surface area contributed by atoms with E-state index in [1.807, 2.05) is 0 Å². The predicted molar refractivity (Wildman–Crippen MR) is 76.2 cm³/mol. The first kappa shape index (κ1) is 19.3. The number of alkyl halides is 6. The first-order valence-corrected chi connectivity index (χ1v) is 6.71. The Morgan fingerprint density at radius 3 is 1.85 bits per heavy atom. The smallest absolute Gasteiger partial charge is 0.416 e. The summed E-state index contributed by atoms with van der Waals surface area (Å²) in [5.74, 6) is -1.36. The molecule has 0 saturated carbocycles. The average molecular weight is 381 g/mol. The molecule has 0 saturated heterocycles. The molecule has 0 amide bonds. The van der Waals surface area contributed by atoms with Crippen molar-refractivity contribution >= 4 is 5.69 Å². The van der Waals surface area contributed by atoms with Crippen LogP contribution in [0.5, 0.6) is 17.2 Å². The van der Waals surface area contributed by atoms with Crippen LogP contribution in [0.15, 0.2) is 36.4 Å². The van der Waals surface area contributed by atoms with E-state index in [9.17, 15) is 36.5 Å². The van der Waals surface area contributed by atoms with Gasteiger partial charge in [-0.2, -0.15) is 26.3 Å². The van der Waals surface area contributed by atoms with Gasteiger partial charge in [0.05, 0.1) is 23.2 Å². The number of nitro benzene ring substituents is 1. The van der Waals surface area contributed by atoms with Gasteiger partial charge < -0.3 is 9.47 Å². The van der Waals surface area contributed by atoms with Crippen molar-refractivity contribution in [2.45, 2.75) is 12.4 Å². The molecule has 140 valence electrons. The third-order valence-electron chi connectivity index (χ3n) is 3.15. The van der Waals surface area contributed by atoms with Crippen LogP contribution in [-0.4, -0.2) is 12.0 Å². The molecule has 0 aliphatic rings. The van der Waals surface area contributed by atoms with Crippen molar-refractivity contribution in [1.29, 1.82) is 0 Å². The van der Waals surface area contributed by atoms with E-state index in [2.05, 4.69) is 0 Å². The van der Waals surface area contributed by atoms with Crippen molar-refractivity contribution in [2.75, 3.05) is 7.11 Å². The summed E-state index contributed by atoms with van der Waals surface area (Å²) in [5.41, 5.74) is -3.86. The van der Waals surface area contributed by atoms with Crippen LogP contribution in [0.2, 0.25) is 0 Å². The highest BCUT2D eigenvalue weighted by molar-refractivity contribution is 5.53. The Morgan fingerprint density at radius 1 is 0.885 bits per heavy atom. The average Bonchev–Trinajstić information content (AvgIpc) is 2.52. The minimum absolute atomic E-state index is 0.0635. The molecule has 2 rings (SSSR count). The van der Waals surface area contributed by atoms with E-state index in [0.717, 1.165) is 12.1 Å². The van der Waals surface area contributed by atoms with Crippen molar-refractivity contribution < 1.29 is 40.7 Å². The number of hydrogen-bond acceptors (Lipinski definition) is 4. The molecule has 2 aromatic rings. The van der Waals surface area contributed by atoms with Crippen LogP contribution in [0.4, 0.5) is 32.0 Å². The fraction of sp³-hybridized carbons (Fsp3) is 0.200. The van der Waals surface area contributed by atoms with Gasteiger partial charge in [-0.15, -0.1) is 0 Å².